The zero-order chi connectivity index (χ0) is 32.1. The molecule has 2 N–H and O–H groups in total. The van der Waals surface area contributed by atoms with E-state index in [0.29, 0.717) is 28.4 Å². The van der Waals surface area contributed by atoms with Crippen molar-refractivity contribution in [2.75, 3.05) is 13.6 Å². The molecule has 0 aliphatic heterocycles. The Bertz CT molecular complexity index is 1850. The largest absolute Gasteiger partial charge is 1.00 e. The summed E-state index contributed by atoms with van der Waals surface area (Å²) in [5.74, 6) is -0.761. The van der Waals surface area contributed by atoms with Crippen LogP contribution in [-0.4, -0.2) is 39.4 Å². The summed E-state index contributed by atoms with van der Waals surface area (Å²) < 4.78 is 23.5. The lowest BCUT2D eigenvalue weighted by Crippen LogP contribution is -3.00. The van der Waals surface area contributed by atoms with Crippen LogP contribution in [0.1, 0.15) is 45.7 Å². The Labute approximate surface area is 277 Å². The normalized spacial score (nSPS) is 12.9. The minimum Gasteiger partial charge on any atom is -1.00 e. The number of ether oxygens (including phenoxy) is 1. The number of esters is 1. The van der Waals surface area contributed by atoms with Gasteiger partial charge in [-0.3, -0.25) is 4.79 Å². The van der Waals surface area contributed by atoms with Gasteiger partial charge >= 0.3 is 5.97 Å². The van der Waals surface area contributed by atoms with Gasteiger partial charge in [0, 0.05) is 22.0 Å². The van der Waals surface area contributed by atoms with Crippen LogP contribution in [0.25, 0.3) is 11.3 Å². The van der Waals surface area contributed by atoms with Crippen molar-refractivity contribution in [1.29, 1.82) is 5.26 Å². The van der Waals surface area contributed by atoms with Crippen LogP contribution in [-0.2, 0) is 23.5 Å². The third-order valence-corrected chi connectivity index (χ3v) is 8.73. The molecular formula is C34H34ClFN6O3S. The number of halogens is 2. The van der Waals surface area contributed by atoms with Crippen LogP contribution in [0.2, 0.25) is 0 Å². The predicted octanol–water partition coefficient (Wildman–Crippen LogP) is 1.79. The van der Waals surface area contributed by atoms with Crippen molar-refractivity contribution in [3.63, 3.8) is 0 Å². The Balaban J connectivity index is 0.00000480. The zero-order valence-corrected chi connectivity index (χ0v) is 27.4. The molecule has 0 radical (unpaired) electrons. The fraction of sp³-hybridized carbons (Fsp3) is 0.265. The number of nitrogens with zero attached hydrogens (tertiary/aromatic N) is 5. The molecule has 0 saturated carbocycles. The highest BCUT2D eigenvalue weighted by molar-refractivity contribution is 7.10. The number of nitriles is 1. The van der Waals surface area contributed by atoms with Gasteiger partial charge in [-0.25, -0.2) is 13.9 Å². The van der Waals surface area contributed by atoms with Crippen LogP contribution < -0.4 is 27.0 Å². The van der Waals surface area contributed by atoms with Gasteiger partial charge in [0.2, 0.25) is 6.33 Å². The molecule has 0 aliphatic rings. The number of thiazole rings is 1. The predicted molar refractivity (Wildman–Crippen MR) is 168 cm³/mol. The van der Waals surface area contributed by atoms with Gasteiger partial charge in [0.15, 0.2) is 0 Å². The molecule has 0 bridgehead atoms. The molecule has 0 saturated heterocycles. The summed E-state index contributed by atoms with van der Waals surface area (Å²) in [5, 5.41) is 31.3. The Morgan fingerprint density at radius 2 is 1.91 bits per heavy atom. The van der Waals surface area contributed by atoms with Gasteiger partial charge in [-0.05, 0) is 79.5 Å². The first-order valence-electron chi connectivity index (χ1n) is 14.4. The topological polar surface area (TPSA) is 117 Å². The number of carbonyl (C=O) groups is 1. The van der Waals surface area contributed by atoms with Crippen LogP contribution in [0.4, 0.5) is 4.39 Å². The lowest BCUT2D eigenvalue weighted by molar-refractivity contribution is -0.689. The number of aliphatic hydroxyl groups is 1. The molecule has 46 heavy (non-hydrogen) atoms. The van der Waals surface area contributed by atoms with Gasteiger partial charge in [-0.2, -0.15) is 5.26 Å². The number of likely N-dealkylation sites (N-methyl/N-ethyl adjacent to an activating group) is 1. The molecule has 3 aromatic carbocycles. The second-order valence-corrected chi connectivity index (χ2v) is 12.0. The molecule has 0 unspecified atom stereocenters. The van der Waals surface area contributed by atoms with Crippen LogP contribution in [0.3, 0.4) is 0 Å². The molecule has 2 aromatic heterocycles. The van der Waals surface area contributed by atoms with Gasteiger partial charge in [-0.1, -0.05) is 31.2 Å². The molecule has 12 heteroatoms. The number of hydrogen-bond acceptors (Lipinski definition) is 8. The molecule has 0 spiro atoms. The van der Waals surface area contributed by atoms with Gasteiger partial charge in [0.25, 0.3) is 6.33 Å². The van der Waals surface area contributed by atoms with Crippen LogP contribution in [0, 0.1) is 31.0 Å². The molecule has 0 amide bonds. The van der Waals surface area contributed by atoms with Crippen molar-refractivity contribution < 1.29 is 36.0 Å². The van der Waals surface area contributed by atoms with Gasteiger partial charge in [-0.15, -0.1) is 16.0 Å². The van der Waals surface area contributed by atoms with E-state index in [0.717, 1.165) is 27.9 Å². The third-order valence-electron chi connectivity index (χ3n) is 7.70. The highest BCUT2D eigenvalue weighted by Gasteiger charge is 2.41. The van der Waals surface area contributed by atoms with Crippen molar-refractivity contribution in [3.8, 4) is 23.1 Å². The van der Waals surface area contributed by atoms with Crippen LogP contribution in [0.5, 0.6) is 5.75 Å². The first kappa shape index (κ1) is 34.4. The van der Waals surface area contributed by atoms with E-state index in [-0.39, 0.29) is 31.5 Å². The lowest BCUT2D eigenvalue weighted by atomic mass is 9.82. The summed E-state index contributed by atoms with van der Waals surface area (Å²) in [4.78, 5) is 16.8. The van der Waals surface area contributed by atoms with Crippen molar-refractivity contribution in [3.05, 3.63) is 117 Å². The molecule has 0 aliphatic carbocycles. The Kier molecular flexibility index (Phi) is 11.0. The first-order chi connectivity index (χ1) is 21.6. The average Bonchev–Trinajstić information content (AvgIpc) is 3.69. The Hall–Kier alpha value is -4.47. The van der Waals surface area contributed by atoms with E-state index >= 15 is 0 Å². The van der Waals surface area contributed by atoms with Crippen LogP contribution >= 0.6 is 11.3 Å². The molecule has 5 rings (SSSR count). The van der Waals surface area contributed by atoms with Gasteiger partial charge < -0.3 is 27.6 Å². The molecular weight excluding hydrogens is 627 g/mol. The van der Waals surface area contributed by atoms with E-state index in [1.54, 1.807) is 48.6 Å². The standard InChI is InChI=1S/C34H34FN6O3S.ClH/c1-22-12-26(13-23(2)32(22)44-31(42)16-37-4)17-40-20-38-41(21-40)19-34(43,28-6-5-7-29(35)14-28)24(3)33-39-30(18-45-33)27-10-8-25(15-36)9-11-27;/h5-14,18,20-21,24,37,43H,16-17,19H2,1-4H3;1H/q+1;/p-1/t24-,34+;/m0./s1. The number of hydrogen-bond donors (Lipinski definition) is 2. The maximum Gasteiger partial charge on any atom is 0.325 e. The lowest BCUT2D eigenvalue weighted by Gasteiger charge is -2.31. The zero-order valence-electron chi connectivity index (χ0n) is 25.9. The smallest absolute Gasteiger partial charge is 0.325 e. The summed E-state index contributed by atoms with van der Waals surface area (Å²) in [6, 6.07) is 19.2. The minimum atomic E-state index is -1.54. The SMILES string of the molecule is CNCC(=O)Oc1c(C)cc(C[n+]2cnn(C[C@](O)(c3cccc(F)c3)[C@@H](C)c3nc(-c4ccc(C#N)cc4)cs3)c2)cc1C.[Cl-]. The third kappa shape index (κ3) is 7.66. The highest BCUT2D eigenvalue weighted by atomic mass is 35.5. The van der Waals surface area contributed by atoms with E-state index in [2.05, 4.69) is 16.5 Å². The fourth-order valence-electron chi connectivity index (χ4n) is 5.35. The number of benzene rings is 3. The average molecular weight is 661 g/mol. The van der Waals surface area contributed by atoms with E-state index in [1.165, 1.54) is 23.5 Å². The van der Waals surface area contributed by atoms with Gasteiger partial charge in [0.05, 0.1) is 35.4 Å². The summed E-state index contributed by atoms with van der Waals surface area (Å²) in [7, 11) is 1.69. The summed E-state index contributed by atoms with van der Waals surface area (Å²) in [6.45, 7) is 6.35. The van der Waals surface area contributed by atoms with Crippen molar-refractivity contribution in [1.82, 2.24) is 20.1 Å². The van der Waals surface area contributed by atoms with E-state index in [1.807, 2.05) is 55.0 Å². The van der Waals surface area contributed by atoms with Crippen LogP contribution in [0.15, 0.2) is 78.7 Å². The van der Waals surface area contributed by atoms with Crippen molar-refractivity contribution >= 4 is 17.3 Å². The van der Waals surface area contributed by atoms with E-state index in [4.69, 9.17) is 15.0 Å². The molecule has 238 valence electrons. The van der Waals surface area contributed by atoms with Gasteiger partial charge in [0.1, 0.15) is 23.7 Å². The quantitative estimate of drug-likeness (QED) is 0.126. The molecule has 2 heterocycles. The first-order valence-corrected chi connectivity index (χ1v) is 15.3. The summed E-state index contributed by atoms with van der Waals surface area (Å²) >= 11 is 1.42. The second kappa shape index (κ2) is 14.7. The van der Waals surface area contributed by atoms with E-state index in [9.17, 15) is 14.3 Å². The van der Waals surface area contributed by atoms with Crippen molar-refractivity contribution in [2.24, 2.45) is 0 Å². The number of nitrogens with one attached hydrogen (secondary N) is 1. The summed E-state index contributed by atoms with van der Waals surface area (Å²) in [6.07, 6.45) is 3.47. The minimum absolute atomic E-state index is 0. The summed E-state index contributed by atoms with van der Waals surface area (Å²) in [5.41, 5.74) is 3.72. The number of aryl methyl sites for hydroxylation is 2. The Morgan fingerprint density at radius 1 is 1.20 bits per heavy atom. The monoisotopic (exact) mass is 660 g/mol. The Morgan fingerprint density at radius 3 is 2.57 bits per heavy atom. The maximum absolute atomic E-state index is 14.4. The number of rotatable bonds is 11. The molecule has 5 aromatic rings. The number of aromatic nitrogens is 4. The molecule has 9 nitrogen and oxygen atoms in total. The fourth-order valence-corrected chi connectivity index (χ4v) is 6.32. The highest BCUT2D eigenvalue weighted by Crippen LogP contribution is 2.40. The second-order valence-electron chi connectivity index (χ2n) is 11.1. The molecule has 0 fully saturated rings. The maximum atomic E-state index is 14.4. The van der Waals surface area contributed by atoms with E-state index < -0.39 is 17.3 Å². The number of carbonyl (C=O) groups excluding carboxylic acids is 1. The van der Waals surface area contributed by atoms with Crippen molar-refractivity contribution in [2.45, 2.75) is 45.4 Å². The molecule has 2 atom stereocenters.